The second kappa shape index (κ2) is 7.92. The lowest BCUT2D eigenvalue weighted by molar-refractivity contribution is 0.0763. The number of carbonyl (C=O) groups is 1. The van der Waals surface area contributed by atoms with E-state index in [0.29, 0.717) is 24.5 Å². The molecule has 4 heteroatoms. The van der Waals surface area contributed by atoms with Gasteiger partial charge in [-0.2, -0.15) is 0 Å². The van der Waals surface area contributed by atoms with Gasteiger partial charge in [0.25, 0.3) is 0 Å². The van der Waals surface area contributed by atoms with Crippen molar-refractivity contribution in [1.82, 2.24) is 4.90 Å². The smallest absolute Gasteiger partial charge is 0.180 e. The van der Waals surface area contributed by atoms with Gasteiger partial charge in [-0.25, -0.2) is 0 Å². The number of ketones is 1. The van der Waals surface area contributed by atoms with E-state index in [1.54, 1.807) is 13.2 Å². The molecule has 19 heavy (non-hydrogen) atoms. The van der Waals surface area contributed by atoms with E-state index in [1.165, 1.54) is 0 Å². The van der Waals surface area contributed by atoms with E-state index in [9.17, 15) is 4.79 Å². The van der Waals surface area contributed by atoms with Crippen molar-refractivity contribution in [3.63, 3.8) is 0 Å². The Hall–Kier alpha value is -1.39. The zero-order chi connectivity index (χ0) is 14.3. The maximum absolute atomic E-state index is 12.3. The minimum Gasteiger partial charge on any atom is -0.493 e. The van der Waals surface area contributed by atoms with Gasteiger partial charge in [-0.15, -0.1) is 0 Å². The maximum atomic E-state index is 12.3. The molecule has 0 saturated carbocycles. The number of hydrogen-bond donors (Lipinski definition) is 0. The van der Waals surface area contributed by atoms with Crippen LogP contribution in [-0.2, 0) is 4.74 Å². The number of benzene rings is 1. The summed E-state index contributed by atoms with van der Waals surface area (Å²) in [6, 6.07) is 7.36. The molecule has 0 aliphatic carbocycles. The van der Waals surface area contributed by atoms with Crippen molar-refractivity contribution in [3.05, 3.63) is 29.8 Å². The van der Waals surface area contributed by atoms with Crippen LogP contribution in [-0.4, -0.2) is 50.6 Å². The van der Waals surface area contributed by atoms with Crippen molar-refractivity contribution >= 4 is 5.78 Å². The van der Waals surface area contributed by atoms with E-state index in [0.717, 1.165) is 6.54 Å². The fraction of sp³-hybridized carbons (Fsp3) is 0.533. The highest BCUT2D eigenvalue weighted by Crippen LogP contribution is 2.18. The summed E-state index contributed by atoms with van der Waals surface area (Å²) in [5.41, 5.74) is 0.640. The van der Waals surface area contributed by atoms with Crippen LogP contribution in [0.25, 0.3) is 0 Å². The molecule has 1 unspecified atom stereocenters. The third-order valence-electron chi connectivity index (χ3n) is 2.87. The Morgan fingerprint density at radius 2 is 2.05 bits per heavy atom. The van der Waals surface area contributed by atoms with E-state index in [1.807, 2.05) is 44.0 Å². The Balaban J connectivity index is 2.67. The first-order valence-corrected chi connectivity index (χ1v) is 6.54. The van der Waals surface area contributed by atoms with Crippen LogP contribution in [0.15, 0.2) is 24.3 Å². The molecule has 0 amide bonds. The molecule has 1 aromatic carbocycles. The predicted octanol–water partition coefficient (Wildman–Crippen LogP) is 2.23. The molecule has 0 N–H and O–H groups in total. The van der Waals surface area contributed by atoms with E-state index >= 15 is 0 Å². The van der Waals surface area contributed by atoms with Crippen LogP contribution >= 0.6 is 0 Å². The molecule has 0 spiro atoms. The molecule has 4 nitrogen and oxygen atoms in total. The minimum atomic E-state index is 0.0647. The van der Waals surface area contributed by atoms with Crippen LogP contribution in [0.2, 0.25) is 0 Å². The molecule has 1 rings (SSSR count). The number of likely N-dealkylation sites (N-methyl/N-ethyl adjacent to an activating group) is 1. The normalized spacial score (nSPS) is 12.5. The third-order valence-corrected chi connectivity index (χ3v) is 2.87. The molecule has 0 radical (unpaired) electrons. The Kier molecular flexibility index (Phi) is 6.53. The van der Waals surface area contributed by atoms with Gasteiger partial charge in [0.15, 0.2) is 5.78 Å². The SMILES string of the molecule is CCOc1ccccc1C(=O)CN(C)CC(C)OC. The fourth-order valence-electron chi connectivity index (χ4n) is 1.89. The Bertz CT molecular complexity index is 406. The molecule has 0 aliphatic heterocycles. The van der Waals surface area contributed by atoms with Crippen molar-refractivity contribution in [2.75, 3.05) is 33.9 Å². The topological polar surface area (TPSA) is 38.8 Å². The fourth-order valence-corrected chi connectivity index (χ4v) is 1.89. The van der Waals surface area contributed by atoms with Crippen LogP contribution in [0.3, 0.4) is 0 Å². The summed E-state index contributed by atoms with van der Waals surface area (Å²) >= 11 is 0. The molecule has 1 aromatic rings. The molecular weight excluding hydrogens is 242 g/mol. The summed E-state index contributed by atoms with van der Waals surface area (Å²) in [5.74, 6) is 0.720. The van der Waals surface area contributed by atoms with Gasteiger partial charge in [-0.05, 0) is 33.0 Å². The number of ether oxygens (including phenoxy) is 2. The Labute approximate surface area is 115 Å². The highest BCUT2D eigenvalue weighted by Gasteiger charge is 2.15. The minimum absolute atomic E-state index is 0.0647. The maximum Gasteiger partial charge on any atom is 0.180 e. The largest absolute Gasteiger partial charge is 0.493 e. The van der Waals surface area contributed by atoms with Crippen LogP contribution in [0.5, 0.6) is 5.75 Å². The summed E-state index contributed by atoms with van der Waals surface area (Å²) in [6.45, 7) is 5.53. The summed E-state index contributed by atoms with van der Waals surface area (Å²) in [7, 11) is 3.58. The molecule has 0 bridgehead atoms. The van der Waals surface area contributed by atoms with Gasteiger partial charge in [-0.1, -0.05) is 12.1 Å². The summed E-state index contributed by atoms with van der Waals surface area (Å²) in [4.78, 5) is 14.2. The van der Waals surface area contributed by atoms with Gasteiger partial charge < -0.3 is 9.47 Å². The molecule has 106 valence electrons. The predicted molar refractivity (Wildman–Crippen MR) is 75.9 cm³/mol. The van der Waals surface area contributed by atoms with Crippen LogP contribution in [0.1, 0.15) is 24.2 Å². The number of carbonyl (C=O) groups excluding carboxylic acids is 1. The highest BCUT2D eigenvalue weighted by atomic mass is 16.5. The van der Waals surface area contributed by atoms with Gasteiger partial charge in [0.1, 0.15) is 5.75 Å². The van der Waals surface area contributed by atoms with Gasteiger partial charge in [0, 0.05) is 13.7 Å². The Morgan fingerprint density at radius 3 is 2.68 bits per heavy atom. The number of rotatable bonds is 8. The summed E-state index contributed by atoms with van der Waals surface area (Å²) in [5, 5.41) is 0. The number of para-hydroxylation sites is 1. The van der Waals surface area contributed by atoms with Crippen molar-refractivity contribution in [2.24, 2.45) is 0 Å². The number of nitrogens with zero attached hydrogens (tertiary/aromatic N) is 1. The van der Waals surface area contributed by atoms with Crippen molar-refractivity contribution in [2.45, 2.75) is 20.0 Å². The lowest BCUT2D eigenvalue weighted by atomic mass is 10.1. The molecule has 0 fully saturated rings. The number of hydrogen-bond acceptors (Lipinski definition) is 4. The summed E-state index contributed by atoms with van der Waals surface area (Å²) in [6.07, 6.45) is 0.111. The summed E-state index contributed by atoms with van der Waals surface area (Å²) < 4.78 is 10.7. The van der Waals surface area contributed by atoms with Crippen molar-refractivity contribution in [1.29, 1.82) is 0 Å². The number of Topliss-reactive ketones (excluding diaryl/α,β-unsaturated/α-hetero) is 1. The molecule has 0 heterocycles. The van der Waals surface area contributed by atoms with Crippen LogP contribution in [0, 0.1) is 0 Å². The van der Waals surface area contributed by atoms with Crippen molar-refractivity contribution in [3.8, 4) is 5.75 Å². The molecule has 1 atom stereocenters. The first-order chi connectivity index (χ1) is 9.08. The van der Waals surface area contributed by atoms with Gasteiger partial charge in [0.2, 0.25) is 0 Å². The quantitative estimate of drug-likeness (QED) is 0.676. The number of methoxy groups -OCH3 is 1. The van der Waals surface area contributed by atoms with Crippen LogP contribution in [0.4, 0.5) is 0 Å². The van der Waals surface area contributed by atoms with Crippen molar-refractivity contribution < 1.29 is 14.3 Å². The van der Waals surface area contributed by atoms with Gasteiger partial charge in [0.05, 0.1) is 24.8 Å². The van der Waals surface area contributed by atoms with E-state index in [-0.39, 0.29) is 11.9 Å². The van der Waals surface area contributed by atoms with E-state index in [2.05, 4.69) is 0 Å². The lowest BCUT2D eigenvalue weighted by Gasteiger charge is -2.20. The third kappa shape index (κ3) is 5.01. The highest BCUT2D eigenvalue weighted by molar-refractivity contribution is 6.00. The van der Waals surface area contributed by atoms with Gasteiger partial charge in [-0.3, -0.25) is 9.69 Å². The second-order valence-corrected chi connectivity index (χ2v) is 4.60. The monoisotopic (exact) mass is 265 g/mol. The molecule has 0 saturated heterocycles. The second-order valence-electron chi connectivity index (χ2n) is 4.60. The zero-order valence-electron chi connectivity index (χ0n) is 12.2. The van der Waals surface area contributed by atoms with Crippen LogP contribution < -0.4 is 4.74 Å². The van der Waals surface area contributed by atoms with E-state index < -0.39 is 0 Å². The molecule has 0 aliphatic rings. The lowest BCUT2D eigenvalue weighted by Crippen LogP contribution is -2.33. The average Bonchev–Trinajstić information content (AvgIpc) is 2.39. The van der Waals surface area contributed by atoms with Gasteiger partial charge >= 0.3 is 0 Å². The average molecular weight is 265 g/mol. The first-order valence-electron chi connectivity index (χ1n) is 6.54. The standard InChI is InChI=1S/C15H23NO3/c1-5-19-15-9-7-6-8-13(15)14(17)11-16(3)10-12(2)18-4/h6-9,12H,5,10-11H2,1-4H3. The molecule has 0 aromatic heterocycles. The van der Waals surface area contributed by atoms with E-state index in [4.69, 9.17) is 9.47 Å². The zero-order valence-corrected chi connectivity index (χ0v) is 12.2. The molecular formula is C15H23NO3. The Morgan fingerprint density at radius 1 is 1.37 bits per heavy atom. The first kappa shape index (κ1) is 15.7.